The van der Waals surface area contributed by atoms with Gasteiger partial charge in [-0.05, 0) is 49.4 Å². The van der Waals surface area contributed by atoms with E-state index >= 15 is 0 Å². The van der Waals surface area contributed by atoms with Gasteiger partial charge in [0, 0.05) is 44.5 Å². The maximum Gasteiger partial charge on any atom is 0.259 e. The average Bonchev–Trinajstić information content (AvgIpc) is 3.20. The van der Waals surface area contributed by atoms with Crippen LogP contribution >= 0.6 is 0 Å². The van der Waals surface area contributed by atoms with Crippen LogP contribution in [0, 0.1) is 12.7 Å². The van der Waals surface area contributed by atoms with E-state index in [2.05, 4.69) is 20.0 Å². The Balaban J connectivity index is 1.39. The van der Waals surface area contributed by atoms with Crippen molar-refractivity contribution in [2.24, 2.45) is 0 Å². The second-order valence-electron chi connectivity index (χ2n) is 7.90. The van der Waals surface area contributed by atoms with Crippen LogP contribution in [0.4, 0.5) is 4.39 Å². The van der Waals surface area contributed by atoms with Crippen LogP contribution in [-0.2, 0) is 6.54 Å². The van der Waals surface area contributed by atoms with E-state index in [9.17, 15) is 9.18 Å². The summed E-state index contributed by atoms with van der Waals surface area (Å²) in [5, 5.41) is 4.63. The fourth-order valence-electron chi connectivity index (χ4n) is 4.03. The fourth-order valence-corrected chi connectivity index (χ4v) is 4.03. The second kappa shape index (κ2) is 8.47. The Hall–Kier alpha value is -3.65. The Morgan fingerprint density at radius 2 is 1.88 bits per heavy atom. The Morgan fingerprint density at radius 3 is 2.59 bits per heavy atom. The van der Waals surface area contributed by atoms with Gasteiger partial charge in [-0.1, -0.05) is 11.2 Å². The molecule has 4 aromatic rings. The Bertz CT molecular complexity index is 1250. The molecule has 5 rings (SSSR count). The van der Waals surface area contributed by atoms with Crippen LogP contribution in [0.2, 0.25) is 0 Å². The molecule has 0 unspecified atom stereocenters. The predicted molar refractivity (Wildman–Crippen MR) is 117 cm³/mol. The van der Waals surface area contributed by atoms with Crippen molar-refractivity contribution in [1.82, 2.24) is 24.9 Å². The molecule has 0 atom stereocenters. The van der Waals surface area contributed by atoms with Crippen LogP contribution in [0.5, 0.6) is 0 Å². The first-order valence-electron chi connectivity index (χ1n) is 10.5. The lowest BCUT2D eigenvalue weighted by molar-refractivity contribution is 0.0629. The zero-order valence-corrected chi connectivity index (χ0v) is 17.7. The number of nitrogens with zero attached hydrogens (tertiary/aromatic N) is 5. The average molecular weight is 431 g/mol. The van der Waals surface area contributed by atoms with Crippen molar-refractivity contribution < 1.29 is 13.7 Å². The highest BCUT2D eigenvalue weighted by atomic mass is 19.1. The van der Waals surface area contributed by atoms with Gasteiger partial charge in [0.25, 0.3) is 11.6 Å². The highest BCUT2D eigenvalue weighted by molar-refractivity contribution is 6.07. The third-order valence-corrected chi connectivity index (χ3v) is 5.76. The zero-order chi connectivity index (χ0) is 22.1. The first-order valence-corrected chi connectivity index (χ1v) is 10.5. The Labute approximate surface area is 184 Å². The number of carbonyl (C=O) groups excluding carboxylic acids is 1. The van der Waals surface area contributed by atoms with E-state index < -0.39 is 0 Å². The molecule has 1 saturated heterocycles. The standard InChI is InChI=1S/C24H22FN5O2/c1-16-22-20(14-21(27-23(22)32-28-16)17-5-7-18(25)8-6-17)24(31)30-12-10-29(11-13-30)15-19-4-2-3-9-26-19/h2-9,14H,10-13,15H2,1H3. The molecule has 0 bridgehead atoms. The van der Waals surface area contributed by atoms with Crippen LogP contribution in [-0.4, -0.2) is 57.0 Å². The number of piperazine rings is 1. The summed E-state index contributed by atoms with van der Waals surface area (Å²) in [6.07, 6.45) is 1.80. The van der Waals surface area contributed by atoms with Gasteiger partial charge in [0.2, 0.25) is 0 Å². The number of halogens is 1. The Kier molecular flexibility index (Phi) is 5.36. The summed E-state index contributed by atoms with van der Waals surface area (Å²) in [6.45, 7) is 5.33. The van der Waals surface area contributed by atoms with Crippen LogP contribution in [0.1, 0.15) is 21.7 Å². The molecule has 1 amide bonds. The van der Waals surface area contributed by atoms with E-state index in [0.29, 0.717) is 46.7 Å². The summed E-state index contributed by atoms with van der Waals surface area (Å²) in [4.78, 5) is 26.5. The number of rotatable bonds is 4. The lowest BCUT2D eigenvalue weighted by Crippen LogP contribution is -2.48. The SMILES string of the molecule is Cc1noc2nc(-c3ccc(F)cc3)cc(C(=O)N3CCN(Cc4ccccn4)CC3)c12. The van der Waals surface area contributed by atoms with Crippen molar-refractivity contribution in [3.8, 4) is 11.3 Å². The van der Waals surface area contributed by atoms with E-state index in [1.54, 1.807) is 31.3 Å². The summed E-state index contributed by atoms with van der Waals surface area (Å²) >= 11 is 0. The van der Waals surface area contributed by atoms with E-state index in [4.69, 9.17) is 4.52 Å². The van der Waals surface area contributed by atoms with Gasteiger partial charge in [-0.15, -0.1) is 0 Å². The van der Waals surface area contributed by atoms with Gasteiger partial charge in [0.1, 0.15) is 5.82 Å². The molecule has 1 aromatic carbocycles. The number of pyridine rings is 2. The van der Waals surface area contributed by atoms with Crippen LogP contribution in [0.3, 0.4) is 0 Å². The van der Waals surface area contributed by atoms with Crippen molar-refractivity contribution >= 4 is 17.0 Å². The zero-order valence-electron chi connectivity index (χ0n) is 17.7. The third-order valence-electron chi connectivity index (χ3n) is 5.76. The molecule has 0 radical (unpaired) electrons. The Morgan fingerprint density at radius 1 is 1.09 bits per heavy atom. The maximum atomic E-state index is 13.5. The molecule has 0 N–H and O–H groups in total. The smallest absolute Gasteiger partial charge is 0.259 e. The molecule has 4 heterocycles. The molecular formula is C24H22FN5O2. The largest absolute Gasteiger partial charge is 0.336 e. The first-order chi connectivity index (χ1) is 15.6. The number of hydrogen-bond acceptors (Lipinski definition) is 6. The van der Waals surface area contributed by atoms with Gasteiger partial charge >= 0.3 is 0 Å². The van der Waals surface area contributed by atoms with Crippen molar-refractivity contribution in [3.05, 3.63) is 77.5 Å². The number of aryl methyl sites for hydroxylation is 1. The van der Waals surface area contributed by atoms with Crippen LogP contribution in [0.25, 0.3) is 22.4 Å². The quantitative estimate of drug-likeness (QED) is 0.491. The second-order valence-corrected chi connectivity index (χ2v) is 7.90. The normalized spacial score (nSPS) is 14.8. The van der Waals surface area contributed by atoms with E-state index in [1.165, 1.54) is 12.1 Å². The lowest BCUT2D eigenvalue weighted by Gasteiger charge is -2.34. The summed E-state index contributed by atoms with van der Waals surface area (Å²) < 4.78 is 18.7. The van der Waals surface area contributed by atoms with Crippen LogP contribution in [0.15, 0.2) is 59.3 Å². The third kappa shape index (κ3) is 3.97. The number of fused-ring (bicyclic) bond motifs is 1. The minimum Gasteiger partial charge on any atom is -0.336 e. The fraction of sp³-hybridized carbons (Fsp3) is 0.250. The highest BCUT2D eigenvalue weighted by Gasteiger charge is 2.26. The topological polar surface area (TPSA) is 75.4 Å². The molecule has 1 aliphatic heterocycles. The van der Waals surface area contributed by atoms with Gasteiger partial charge in [-0.2, -0.15) is 0 Å². The summed E-state index contributed by atoms with van der Waals surface area (Å²) in [7, 11) is 0. The molecule has 1 fully saturated rings. The number of carbonyl (C=O) groups is 1. The molecule has 32 heavy (non-hydrogen) atoms. The lowest BCUT2D eigenvalue weighted by atomic mass is 10.0. The molecule has 0 spiro atoms. The molecule has 0 saturated carbocycles. The summed E-state index contributed by atoms with van der Waals surface area (Å²) in [5.74, 6) is -0.408. The van der Waals surface area contributed by atoms with Crippen molar-refractivity contribution in [1.29, 1.82) is 0 Å². The van der Waals surface area contributed by atoms with E-state index in [0.717, 1.165) is 25.3 Å². The minimum absolute atomic E-state index is 0.0791. The van der Waals surface area contributed by atoms with Gasteiger partial charge in [-0.25, -0.2) is 9.37 Å². The summed E-state index contributed by atoms with van der Waals surface area (Å²) in [6, 6.07) is 13.7. The van der Waals surface area contributed by atoms with Crippen molar-refractivity contribution in [3.63, 3.8) is 0 Å². The first kappa shape index (κ1) is 20.3. The maximum absolute atomic E-state index is 13.5. The molecule has 162 valence electrons. The number of benzene rings is 1. The van der Waals surface area contributed by atoms with E-state index in [1.807, 2.05) is 23.1 Å². The van der Waals surface area contributed by atoms with Crippen LogP contribution < -0.4 is 0 Å². The van der Waals surface area contributed by atoms with Gasteiger partial charge in [0.15, 0.2) is 0 Å². The van der Waals surface area contributed by atoms with Crippen molar-refractivity contribution in [2.45, 2.75) is 13.5 Å². The highest BCUT2D eigenvalue weighted by Crippen LogP contribution is 2.28. The van der Waals surface area contributed by atoms with E-state index in [-0.39, 0.29) is 11.7 Å². The van der Waals surface area contributed by atoms with Gasteiger partial charge < -0.3 is 9.42 Å². The minimum atomic E-state index is -0.329. The molecule has 0 aliphatic carbocycles. The number of hydrogen-bond donors (Lipinski definition) is 0. The van der Waals surface area contributed by atoms with Crippen molar-refractivity contribution in [2.75, 3.05) is 26.2 Å². The molecule has 3 aromatic heterocycles. The molecule has 7 nitrogen and oxygen atoms in total. The molecular weight excluding hydrogens is 409 g/mol. The number of amides is 1. The summed E-state index contributed by atoms with van der Waals surface area (Å²) in [5.41, 5.74) is 3.71. The predicted octanol–water partition coefficient (Wildman–Crippen LogP) is 3.69. The number of aromatic nitrogens is 3. The monoisotopic (exact) mass is 431 g/mol. The van der Waals surface area contributed by atoms with Gasteiger partial charge in [-0.3, -0.25) is 14.7 Å². The van der Waals surface area contributed by atoms with Gasteiger partial charge in [0.05, 0.1) is 28.0 Å². The molecule has 1 aliphatic rings. The molecule has 8 heteroatoms.